The van der Waals surface area contributed by atoms with Gasteiger partial charge in [-0.1, -0.05) is 0 Å². The van der Waals surface area contributed by atoms with E-state index in [9.17, 15) is 42.1 Å². The quantitative estimate of drug-likeness (QED) is 0.162. The molecule has 47 heavy (non-hydrogen) atoms. The molecule has 0 aliphatic heterocycles. The molecule has 0 unspecified atom stereocenters. The Morgan fingerprint density at radius 1 is 0.362 bits per heavy atom. The van der Waals surface area contributed by atoms with Crippen LogP contribution in [0.25, 0.3) is 16.7 Å². The van der Waals surface area contributed by atoms with Crippen LogP contribution in [0.2, 0.25) is 0 Å². The molecule has 0 amide bonds. The third kappa shape index (κ3) is 4.63. The third-order valence-electron chi connectivity index (χ3n) is 6.76. The van der Waals surface area contributed by atoms with Crippen molar-refractivity contribution in [3.05, 3.63) is 120 Å². The van der Waals surface area contributed by atoms with Gasteiger partial charge in [-0.2, -0.15) is 26.3 Å². The van der Waals surface area contributed by atoms with Crippen LogP contribution in [-0.2, 0) is 0 Å². The number of benzene rings is 3. The van der Waals surface area contributed by atoms with Crippen molar-refractivity contribution in [2.45, 2.75) is 6.92 Å². The molecule has 1 aliphatic rings. The first kappa shape index (κ1) is 33.4. The summed E-state index contributed by atoms with van der Waals surface area (Å²) in [6.07, 6.45) is 0. The fraction of sp³-hybridized carbons (Fsp3) is 0.0333. The van der Waals surface area contributed by atoms with Gasteiger partial charge in [0.15, 0.2) is 69.8 Å². The van der Waals surface area contributed by atoms with Crippen LogP contribution in [-0.4, -0.2) is 0 Å². The summed E-state index contributed by atoms with van der Waals surface area (Å²) in [4.78, 5) is 0. The van der Waals surface area contributed by atoms with E-state index in [4.69, 9.17) is 10.5 Å². The van der Waals surface area contributed by atoms with Crippen molar-refractivity contribution in [3.63, 3.8) is 0 Å². The number of hydrogen-bond donors (Lipinski definition) is 0. The number of nitriles is 5. The van der Waals surface area contributed by atoms with E-state index in [1.165, 1.54) is 0 Å². The van der Waals surface area contributed by atoms with E-state index in [0.29, 0.717) is 6.92 Å². The highest BCUT2D eigenvalue weighted by Crippen LogP contribution is 2.57. The molecule has 0 aromatic heterocycles. The predicted molar refractivity (Wildman–Crippen MR) is 131 cm³/mol. The van der Waals surface area contributed by atoms with E-state index in [1.54, 1.807) is 0 Å². The minimum Gasteiger partial charge on any atom is -0.203 e. The van der Waals surface area contributed by atoms with Crippen LogP contribution in [0.1, 0.15) is 33.4 Å². The maximum Gasteiger partial charge on any atom is 0.180 e. The van der Waals surface area contributed by atoms with Gasteiger partial charge in [-0.05, 0) is 6.92 Å². The molecule has 3 aromatic rings. The Kier molecular flexibility index (Phi) is 8.36. The molecule has 0 atom stereocenters. The average molecular weight is 661 g/mol. The third-order valence-corrected chi connectivity index (χ3v) is 6.76. The van der Waals surface area contributed by atoms with E-state index in [-0.39, 0.29) is 0 Å². The Morgan fingerprint density at radius 2 is 0.574 bits per heavy atom. The molecule has 5 nitrogen and oxygen atoms in total. The fourth-order valence-corrected chi connectivity index (χ4v) is 4.51. The lowest BCUT2D eigenvalue weighted by molar-refractivity contribution is 0.442. The highest BCUT2D eigenvalue weighted by atomic mass is 19.2. The van der Waals surface area contributed by atoms with Gasteiger partial charge in [-0.3, -0.25) is 0 Å². The Hall–Kier alpha value is -6.51. The second-order valence-corrected chi connectivity index (χ2v) is 9.08. The molecular formula is C30H3F12N5. The largest absolute Gasteiger partial charge is 0.203 e. The normalized spacial score (nSPS) is 15.1. The van der Waals surface area contributed by atoms with Gasteiger partial charge in [-0.25, -0.2) is 52.7 Å². The Bertz CT molecular complexity index is 2130. The molecule has 1 aliphatic carbocycles. The highest BCUT2D eigenvalue weighted by molar-refractivity contribution is 6.12. The molecule has 3 aromatic carbocycles. The summed E-state index contributed by atoms with van der Waals surface area (Å²) >= 11 is 0. The number of halogens is 12. The number of hydrogen-bond acceptors (Lipinski definition) is 5. The second-order valence-electron chi connectivity index (χ2n) is 9.08. The topological polar surface area (TPSA) is 119 Å². The maximum atomic E-state index is 15.0. The lowest BCUT2D eigenvalue weighted by atomic mass is 9.99. The SMILES string of the molecule is Cc1c(F)c(F)c(/C(C#N)=C2/C(=C(C#N)c3c(F)c(F)c(C#N)c(F)c3F)/C2=C(/C#N)c2c(F)c(F)c(C#N)c(F)c2F)c(F)c1F. The van der Waals surface area contributed by atoms with E-state index < -0.39 is 137 Å². The summed E-state index contributed by atoms with van der Waals surface area (Å²) in [5, 5.41) is 47.1. The summed E-state index contributed by atoms with van der Waals surface area (Å²) in [6.45, 7) is 0.550. The summed E-state index contributed by atoms with van der Waals surface area (Å²) < 4.78 is 177. The molecule has 1 saturated carbocycles. The molecular weight excluding hydrogens is 658 g/mol. The molecule has 232 valence electrons. The Labute approximate surface area is 253 Å². The molecule has 0 radical (unpaired) electrons. The van der Waals surface area contributed by atoms with Crippen LogP contribution in [0.15, 0.2) is 16.7 Å². The summed E-state index contributed by atoms with van der Waals surface area (Å²) in [5.41, 5.74) is -20.2. The molecule has 4 rings (SSSR count). The van der Waals surface area contributed by atoms with Crippen molar-refractivity contribution >= 4 is 16.7 Å². The molecule has 0 spiro atoms. The minimum atomic E-state index is -2.50. The first-order chi connectivity index (χ1) is 22.1. The van der Waals surface area contributed by atoms with Crippen molar-refractivity contribution in [1.29, 1.82) is 26.3 Å². The summed E-state index contributed by atoms with van der Waals surface area (Å²) in [7, 11) is 0. The zero-order valence-corrected chi connectivity index (χ0v) is 22.3. The molecule has 17 heteroatoms. The summed E-state index contributed by atoms with van der Waals surface area (Å²) in [6, 6.07) is 4.56. The Balaban J connectivity index is 2.37. The smallest absolute Gasteiger partial charge is 0.180 e. The van der Waals surface area contributed by atoms with Crippen molar-refractivity contribution in [3.8, 4) is 30.3 Å². The van der Waals surface area contributed by atoms with Crippen LogP contribution in [0, 0.1) is 133 Å². The zero-order valence-electron chi connectivity index (χ0n) is 22.3. The monoisotopic (exact) mass is 661 g/mol. The van der Waals surface area contributed by atoms with Crippen molar-refractivity contribution in [2.24, 2.45) is 0 Å². The first-order valence-corrected chi connectivity index (χ1v) is 11.9. The Morgan fingerprint density at radius 3 is 0.766 bits per heavy atom. The first-order valence-electron chi connectivity index (χ1n) is 11.9. The zero-order chi connectivity index (χ0) is 35.4. The van der Waals surface area contributed by atoms with Gasteiger partial charge in [-0.15, -0.1) is 0 Å². The van der Waals surface area contributed by atoms with Crippen molar-refractivity contribution in [2.75, 3.05) is 0 Å². The van der Waals surface area contributed by atoms with E-state index in [0.717, 1.165) is 30.3 Å². The highest BCUT2D eigenvalue weighted by Gasteiger charge is 2.46. The van der Waals surface area contributed by atoms with Crippen molar-refractivity contribution < 1.29 is 52.7 Å². The standard InChI is InChI=1S/C30H3F12N5/c1-7-19(31)25(37)16(26(38)20(7)32)8(2-43)13-14(9(3-44)17-27(39)21(33)11(5-46)22(34)28(17)40)15(13)10(4-45)18-29(41)23(35)12(6-47)24(36)30(18)42/h1H3/b13-8-,14-9?,15-10-. The van der Waals surface area contributed by atoms with E-state index in [1.807, 2.05) is 0 Å². The average Bonchev–Trinajstić information content (AvgIpc) is 3.77. The van der Waals surface area contributed by atoms with Gasteiger partial charge in [0, 0.05) is 22.3 Å². The molecule has 1 fully saturated rings. The lowest BCUT2D eigenvalue weighted by Crippen LogP contribution is -2.06. The van der Waals surface area contributed by atoms with Crippen LogP contribution in [0.3, 0.4) is 0 Å². The van der Waals surface area contributed by atoms with Crippen molar-refractivity contribution in [1.82, 2.24) is 0 Å². The molecule has 0 bridgehead atoms. The van der Waals surface area contributed by atoms with E-state index in [2.05, 4.69) is 0 Å². The van der Waals surface area contributed by atoms with Gasteiger partial charge in [0.2, 0.25) is 0 Å². The lowest BCUT2D eigenvalue weighted by Gasteiger charge is -2.09. The van der Waals surface area contributed by atoms with Gasteiger partial charge in [0.05, 0.1) is 33.4 Å². The van der Waals surface area contributed by atoms with E-state index >= 15 is 26.3 Å². The number of allylic oxidation sites excluding steroid dienone is 6. The second kappa shape index (κ2) is 11.8. The molecule has 0 heterocycles. The summed E-state index contributed by atoms with van der Waals surface area (Å²) in [5.74, 6) is -28.5. The van der Waals surface area contributed by atoms with Gasteiger partial charge in [0.25, 0.3) is 0 Å². The minimum absolute atomic E-state index is 0.550. The van der Waals surface area contributed by atoms with Gasteiger partial charge >= 0.3 is 0 Å². The van der Waals surface area contributed by atoms with Crippen LogP contribution < -0.4 is 0 Å². The maximum absolute atomic E-state index is 15.0. The number of nitrogens with zero attached hydrogens (tertiary/aromatic N) is 5. The molecule has 0 N–H and O–H groups in total. The van der Waals surface area contributed by atoms with Crippen LogP contribution in [0.5, 0.6) is 0 Å². The molecule has 0 saturated heterocycles. The number of rotatable bonds is 3. The van der Waals surface area contributed by atoms with Crippen LogP contribution >= 0.6 is 0 Å². The van der Waals surface area contributed by atoms with Gasteiger partial charge < -0.3 is 0 Å². The van der Waals surface area contributed by atoms with Crippen LogP contribution in [0.4, 0.5) is 52.7 Å². The predicted octanol–water partition coefficient (Wildman–Crippen LogP) is 7.65. The fourth-order valence-electron chi connectivity index (χ4n) is 4.51. The van der Waals surface area contributed by atoms with Gasteiger partial charge in [0.1, 0.15) is 41.5 Å².